The number of sulfonamides is 1. The first-order chi connectivity index (χ1) is 10.0. The van der Waals surface area contributed by atoms with Gasteiger partial charge in [-0.25, -0.2) is 13.1 Å². The molecule has 0 atom stereocenters. The van der Waals surface area contributed by atoms with Crippen LogP contribution in [0, 0.1) is 0 Å². The first-order valence-electron chi connectivity index (χ1n) is 6.87. The summed E-state index contributed by atoms with van der Waals surface area (Å²) in [6.45, 7) is 3.81. The van der Waals surface area contributed by atoms with Gasteiger partial charge in [0, 0.05) is 50.3 Å². The van der Waals surface area contributed by atoms with Gasteiger partial charge in [0.05, 0.1) is 4.90 Å². The van der Waals surface area contributed by atoms with Crippen LogP contribution in [0.3, 0.4) is 0 Å². The summed E-state index contributed by atoms with van der Waals surface area (Å²) < 4.78 is 28.7. The van der Waals surface area contributed by atoms with Crippen LogP contribution in [0.2, 0.25) is 0 Å². The first-order valence-corrected chi connectivity index (χ1v) is 8.36. The quantitative estimate of drug-likeness (QED) is 0.657. The molecule has 7 nitrogen and oxygen atoms in total. The first kappa shape index (κ1) is 15.7. The third kappa shape index (κ3) is 4.16. The van der Waals surface area contributed by atoms with Gasteiger partial charge >= 0.3 is 0 Å². The van der Waals surface area contributed by atoms with Crippen molar-refractivity contribution >= 4 is 10.0 Å². The Balaban J connectivity index is 1.92. The van der Waals surface area contributed by atoms with Gasteiger partial charge in [0.2, 0.25) is 10.0 Å². The third-order valence-corrected chi connectivity index (χ3v) is 4.63. The van der Waals surface area contributed by atoms with Crippen LogP contribution in [-0.4, -0.2) is 36.3 Å². The van der Waals surface area contributed by atoms with E-state index in [1.54, 1.807) is 16.9 Å². The van der Waals surface area contributed by atoms with Crippen molar-refractivity contribution in [1.82, 2.24) is 24.8 Å². The molecule has 2 aromatic rings. The van der Waals surface area contributed by atoms with Crippen LogP contribution in [0.1, 0.15) is 18.3 Å². The highest BCUT2D eigenvalue weighted by atomic mass is 32.2. The minimum Gasteiger partial charge on any atom is -0.363 e. The summed E-state index contributed by atoms with van der Waals surface area (Å²) in [5.41, 5.74) is 1.84. The second-order valence-electron chi connectivity index (χ2n) is 4.73. The molecule has 0 bridgehead atoms. The average Bonchev–Trinajstić information content (AvgIpc) is 3.06. The number of aromatic nitrogens is 3. The predicted octanol–water partition coefficient (Wildman–Crippen LogP) is 0.379. The Bertz CT molecular complexity index is 674. The van der Waals surface area contributed by atoms with Crippen molar-refractivity contribution in [2.24, 2.45) is 7.05 Å². The van der Waals surface area contributed by atoms with E-state index < -0.39 is 10.0 Å². The number of H-pyrrole nitrogens is 1. The van der Waals surface area contributed by atoms with Gasteiger partial charge in [0.15, 0.2) is 0 Å². The Hall–Kier alpha value is -1.64. The highest BCUT2D eigenvalue weighted by molar-refractivity contribution is 7.89. The zero-order chi connectivity index (χ0) is 15.3. The number of aryl methyl sites for hydroxylation is 1. The van der Waals surface area contributed by atoms with Crippen molar-refractivity contribution < 1.29 is 8.42 Å². The Morgan fingerprint density at radius 2 is 2.24 bits per heavy atom. The van der Waals surface area contributed by atoms with Gasteiger partial charge in [-0.15, -0.1) is 0 Å². The maximum atomic E-state index is 12.2. The molecule has 0 aliphatic heterocycles. The van der Waals surface area contributed by atoms with Crippen molar-refractivity contribution in [2.75, 3.05) is 13.1 Å². The van der Waals surface area contributed by atoms with Gasteiger partial charge in [0.25, 0.3) is 0 Å². The molecule has 116 valence electrons. The number of hydrogen-bond donors (Lipinski definition) is 3. The molecule has 0 aliphatic rings. The summed E-state index contributed by atoms with van der Waals surface area (Å²) in [5.74, 6) is 0. The summed E-state index contributed by atoms with van der Waals surface area (Å²) in [6.07, 6.45) is 3.81. The van der Waals surface area contributed by atoms with Gasteiger partial charge in [-0.3, -0.25) is 4.68 Å². The van der Waals surface area contributed by atoms with E-state index in [2.05, 4.69) is 20.1 Å². The summed E-state index contributed by atoms with van der Waals surface area (Å²) in [4.78, 5) is 3.23. The molecule has 2 heterocycles. The molecular formula is C13H21N5O2S. The fourth-order valence-corrected chi connectivity index (χ4v) is 3.03. The molecule has 0 aromatic carbocycles. The lowest BCUT2D eigenvalue weighted by Crippen LogP contribution is -2.26. The predicted molar refractivity (Wildman–Crippen MR) is 80.3 cm³/mol. The Morgan fingerprint density at radius 3 is 2.90 bits per heavy atom. The van der Waals surface area contributed by atoms with E-state index in [1.165, 1.54) is 6.20 Å². The fourth-order valence-electron chi connectivity index (χ4n) is 1.98. The highest BCUT2D eigenvalue weighted by Gasteiger charge is 2.15. The largest absolute Gasteiger partial charge is 0.363 e. The monoisotopic (exact) mass is 311 g/mol. The van der Waals surface area contributed by atoms with Gasteiger partial charge in [-0.2, -0.15) is 5.10 Å². The Morgan fingerprint density at radius 1 is 1.43 bits per heavy atom. The maximum absolute atomic E-state index is 12.2. The molecular weight excluding hydrogens is 290 g/mol. The normalized spacial score (nSPS) is 11.9. The van der Waals surface area contributed by atoms with Crippen LogP contribution in [-0.2, 0) is 30.0 Å². The van der Waals surface area contributed by atoms with E-state index in [1.807, 2.05) is 20.0 Å². The zero-order valence-electron chi connectivity index (χ0n) is 12.3. The van der Waals surface area contributed by atoms with Gasteiger partial charge < -0.3 is 10.3 Å². The average molecular weight is 311 g/mol. The van der Waals surface area contributed by atoms with Gasteiger partial charge in [-0.05, 0) is 18.7 Å². The van der Waals surface area contributed by atoms with E-state index in [4.69, 9.17) is 0 Å². The minimum atomic E-state index is -3.47. The summed E-state index contributed by atoms with van der Waals surface area (Å²) in [6, 6.07) is 3.52. The van der Waals surface area contributed by atoms with Crippen molar-refractivity contribution in [3.8, 4) is 0 Å². The lowest BCUT2D eigenvalue weighted by molar-refractivity contribution is 0.580. The zero-order valence-corrected chi connectivity index (χ0v) is 13.1. The van der Waals surface area contributed by atoms with E-state index >= 15 is 0 Å². The second-order valence-corrected chi connectivity index (χ2v) is 6.50. The molecule has 0 fully saturated rings. The summed E-state index contributed by atoms with van der Waals surface area (Å²) in [5, 5.41) is 7.19. The molecule has 0 amide bonds. The SMILES string of the molecule is CCNCc1cc(S(=O)(=O)NCCc2ccnn2C)c[nH]1. The van der Waals surface area contributed by atoms with Crippen LogP contribution >= 0.6 is 0 Å². The molecule has 21 heavy (non-hydrogen) atoms. The Labute approximate surface area is 124 Å². The van der Waals surface area contributed by atoms with E-state index in [0.29, 0.717) is 19.5 Å². The van der Waals surface area contributed by atoms with Crippen LogP contribution < -0.4 is 10.0 Å². The maximum Gasteiger partial charge on any atom is 0.242 e. The molecule has 3 N–H and O–H groups in total. The van der Waals surface area contributed by atoms with E-state index in [9.17, 15) is 8.42 Å². The molecule has 0 aliphatic carbocycles. The molecule has 0 radical (unpaired) electrons. The van der Waals surface area contributed by atoms with Crippen LogP contribution in [0.25, 0.3) is 0 Å². The van der Waals surface area contributed by atoms with Crippen molar-refractivity contribution in [3.63, 3.8) is 0 Å². The third-order valence-electron chi connectivity index (χ3n) is 3.19. The Kier molecular flexibility index (Phi) is 5.16. The molecule has 0 saturated carbocycles. The van der Waals surface area contributed by atoms with E-state index in [-0.39, 0.29) is 4.90 Å². The molecule has 2 aromatic heterocycles. The number of hydrogen-bond acceptors (Lipinski definition) is 4. The van der Waals surface area contributed by atoms with E-state index in [0.717, 1.165) is 17.9 Å². The number of aromatic amines is 1. The smallest absolute Gasteiger partial charge is 0.242 e. The fraction of sp³-hybridized carbons (Fsp3) is 0.462. The topological polar surface area (TPSA) is 91.8 Å². The van der Waals surface area contributed by atoms with Gasteiger partial charge in [-0.1, -0.05) is 6.92 Å². The van der Waals surface area contributed by atoms with Crippen LogP contribution in [0.15, 0.2) is 29.4 Å². The standard InChI is InChI=1S/C13H21N5O2S/c1-3-14-9-11-8-13(10-15-11)21(19,20)17-7-5-12-4-6-16-18(12)2/h4,6,8,10,14-15,17H,3,5,7,9H2,1-2H3. The van der Waals surface area contributed by atoms with Crippen molar-refractivity contribution in [1.29, 1.82) is 0 Å². The highest BCUT2D eigenvalue weighted by Crippen LogP contribution is 2.10. The summed E-state index contributed by atoms with van der Waals surface area (Å²) in [7, 11) is -1.63. The van der Waals surface area contributed by atoms with Crippen molar-refractivity contribution in [3.05, 3.63) is 35.9 Å². The molecule has 2 rings (SSSR count). The molecule has 0 unspecified atom stereocenters. The molecule has 0 saturated heterocycles. The van der Waals surface area contributed by atoms with Gasteiger partial charge in [0.1, 0.15) is 0 Å². The molecule has 8 heteroatoms. The number of nitrogens with zero attached hydrogens (tertiary/aromatic N) is 2. The second kappa shape index (κ2) is 6.88. The lowest BCUT2D eigenvalue weighted by atomic mass is 10.3. The van der Waals surface area contributed by atoms with Crippen molar-refractivity contribution in [2.45, 2.75) is 24.8 Å². The lowest BCUT2D eigenvalue weighted by Gasteiger charge is -2.05. The number of rotatable bonds is 8. The number of nitrogens with one attached hydrogen (secondary N) is 3. The summed E-state index contributed by atoms with van der Waals surface area (Å²) >= 11 is 0. The minimum absolute atomic E-state index is 0.264. The van der Waals surface area contributed by atoms with Crippen LogP contribution in [0.5, 0.6) is 0 Å². The molecule has 0 spiro atoms. The van der Waals surface area contributed by atoms with Crippen LogP contribution in [0.4, 0.5) is 0 Å².